The number of hydrogen-bond donors (Lipinski definition) is 1. The van der Waals surface area contributed by atoms with Gasteiger partial charge < -0.3 is 5.32 Å². The van der Waals surface area contributed by atoms with Crippen LogP contribution in [0.5, 0.6) is 0 Å². The Labute approximate surface area is 148 Å². The number of benzene rings is 2. The summed E-state index contributed by atoms with van der Waals surface area (Å²) in [6.45, 7) is 0. The molecule has 2 aliphatic rings. The van der Waals surface area contributed by atoms with Crippen LogP contribution in [0.1, 0.15) is 29.5 Å². The first-order chi connectivity index (χ1) is 10.6. The maximum Gasteiger partial charge on any atom is 0.0568 e. The van der Waals surface area contributed by atoms with E-state index in [1.807, 2.05) is 18.2 Å². The molecule has 4 rings (SSSR count). The first kappa shape index (κ1) is 14.6. The summed E-state index contributed by atoms with van der Waals surface area (Å²) in [6, 6.07) is 12.4. The fraction of sp³-hybridized carbons (Fsp3) is 0.222. The highest BCUT2D eigenvalue weighted by atomic mass is 79.9. The zero-order chi connectivity index (χ0) is 15.3. The molecule has 1 heterocycles. The van der Waals surface area contributed by atoms with Crippen LogP contribution in [0, 0.1) is 5.92 Å². The summed E-state index contributed by atoms with van der Waals surface area (Å²) in [7, 11) is 0. The number of nitrogens with one attached hydrogen (secondary N) is 1. The first-order valence-corrected chi connectivity index (χ1v) is 8.86. The smallest absolute Gasteiger partial charge is 0.0568 e. The molecule has 112 valence electrons. The summed E-state index contributed by atoms with van der Waals surface area (Å²) in [5.74, 6) is 0.922. The summed E-state index contributed by atoms with van der Waals surface area (Å²) < 4.78 is 1.10. The normalized spacial score (nSPS) is 25.5. The van der Waals surface area contributed by atoms with Gasteiger partial charge in [0, 0.05) is 20.4 Å². The lowest BCUT2D eigenvalue weighted by Gasteiger charge is -2.38. The van der Waals surface area contributed by atoms with Crippen molar-refractivity contribution < 1.29 is 0 Å². The minimum Gasteiger partial charge on any atom is -0.377 e. The van der Waals surface area contributed by atoms with E-state index in [4.69, 9.17) is 23.2 Å². The number of rotatable bonds is 1. The van der Waals surface area contributed by atoms with E-state index in [-0.39, 0.29) is 6.04 Å². The molecule has 0 amide bonds. The van der Waals surface area contributed by atoms with Gasteiger partial charge in [0.25, 0.3) is 0 Å². The first-order valence-electron chi connectivity index (χ1n) is 7.31. The molecule has 2 aromatic rings. The van der Waals surface area contributed by atoms with Gasteiger partial charge in [0.2, 0.25) is 0 Å². The van der Waals surface area contributed by atoms with E-state index in [0.717, 1.165) is 21.5 Å². The fourth-order valence-corrected chi connectivity index (χ4v) is 4.67. The molecule has 3 unspecified atom stereocenters. The third-order valence-electron chi connectivity index (χ3n) is 4.64. The van der Waals surface area contributed by atoms with Crippen molar-refractivity contribution in [3.05, 3.63) is 74.2 Å². The Morgan fingerprint density at radius 2 is 1.95 bits per heavy atom. The second-order valence-corrected chi connectivity index (χ2v) is 7.54. The summed E-state index contributed by atoms with van der Waals surface area (Å²) >= 11 is 16.2. The van der Waals surface area contributed by atoms with Gasteiger partial charge in [0.15, 0.2) is 0 Å². The third kappa shape index (κ3) is 2.29. The van der Waals surface area contributed by atoms with Crippen molar-refractivity contribution in [2.75, 3.05) is 5.32 Å². The summed E-state index contributed by atoms with van der Waals surface area (Å²) in [5, 5.41) is 5.10. The summed E-state index contributed by atoms with van der Waals surface area (Å²) in [5.41, 5.74) is 3.65. The van der Waals surface area contributed by atoms with Crippen LogP contribution in [-0.2, 0) is 0 Å². The van der Waals surface area contributed by atoms with E-state index in [1.54, 1.807) is 0 Å². The van der Waals surface area contributed by atoms with Crippen LogP contribution in [-0.4, -0.2) is 0 Å². The van der Waals surface area contributed by atoms with E-state index in [0.29, 0.717) is 16.9 Å². The Morgan fingerprint density at radius 3 is 2.77 bits per heavy atom. The lowest BCUT2D eigenvalue weighted by Crippen LogP contribution is -2.29. The zero-order valence-electron chi connectivity index (χ0n) is 11.7. The molecule has 0 saturated carbocycles. The van der Waals surface area contributed by atoms with Crippen molar-refractivity contribution in [1.82, 2.24) is 0 Å². The van der Waals surface area contributed by atoms with Crippen molar-refractivity contribution in [1.29, 1.82) is 0 Å². The Kier molecular flexibility index (Phi) is 3.72. The standard InChI is InChI=1S/C18H14BrCl2N/c19-15-6-2-5-13-11-3-1-4-12(11)17(22-18(13)15)14-8-7-10(20)9-16(14)21/h1-3,5-9,11-12,17,22H,4H2. The number of anilines is 1. The second kappa shape index (κ2) is 5.59. The Hall–Kier alpha value is -0.960. The number of fused-ring (bicyclic) bond motifs is 3. The quantitative estimate of drug-likeness (QED) is 0.538. The third-order valence-corrected chi connectivity index (χ3v) is 5.87. The van der Waals surface area contributed by atoms with Gasteiger partial charge in [0.05, 0.1) is 11.7 Å². The van der Waals surface area contributed by atoms with Gasteiger partial charge in [-0.25, -0.2) is 0 Å². The van der Waals surface area contributed by atoms with Crippen molar-refractivity contribution in [3.63, 3.8) is 0 Å². The maximum absolute atomic E-state index is 6.46. The molecule has 1 N–H and O–H groups in total. The van der Waals surface area contributed by atoms with Gasteiger partial charge in [-0.3, -0.25) is 0 Å². The predicted octanol–water partition coefficient (Wildman–Crippen LogP) is 6.58. The summed E-state index contributed by atoms with van der Waals surface area (Å²) in [6.07, 6.45) is 5.67. The highest BCUT2D eigenvalue weighted by Crippen LogP contribution is 2.52. The Balaban J connectivity index is 1.84. The number of allylic oxidation sites excluding steroid dienone is 2. The number of halogens is 3. The Morgan fingerprint density at radius 1 is 1.09 bits per heavy atom. The van der Waals surface area contributed by atoms with Gasteiger partial charge in [-0.05, 0) is 57.6 Å². The van der Waals surface area contributed by atoms with Crippen molar-refractivity contribution in [2.24, 2.45) is 5.92 Å². The topological polar surface area (TPSA) is 12.0 Å². The lowest BCUT2D eigenvalue weighted by molar-refractivity contribution is 0.425. The molecule has 22 heavy (non-hydrogen) atoms. The molecular weight excluding hydrogens is 381 g/mol. The summed E-state index contributed by atoms with van der Waals surface area (Å²) in [4.78, 5) is 0. The van der Waals surface area contributed by atoms with Crippen LogP contribution >= 0.6 is 39.1 Å². The molecule has 0 aromatic heterocycles. The van der Waals surface area contributed by atoms with Gasteiger partial charge in [0.1, 0.15) is 0 Å². The zero-order valence-corrected chi connectivity index (χ0v) is 14.8. The van der Waals surface area contributed by atoms with Crippen LogP contribution in [0.15, 0.2) is 53.0 Å². The molecule has 0 radical (unpaired) electrons. The molecule has 3 atom stereocenters. The van der Waals surface area contributed by atoms with Crippen molar-refractivity contribution in [2.45, 2.75) is 18.4 Å². The molecule has 1 nitrogen and oxygen atoms in total. The monoisotopic (exact) mass is 393 g/mol. The average molecular weight is 395 g/mol. The molecule has 4 heteroatoms. The van der Waals surface area contributed by atoms with E-state index in [2.05, 4.69) is 51.6 Å². The van der Waals surface area contributed by atoms with Gasteiger partial charge >= 0.3 is 0 Å². The van der Waals surface area contributed by atoms with E-state index in [9.17, 15) is 0 Å². The SMILES string of the molecule is Clc1ccc(C2Nc3c(Br)cccc3C3C=CCC32)c(Cl)c1. The van der Waals surface area contributed by atoms with Crippen LogP contribution in [0.25, 0.3) is 0 Å². The van der Waals surface area contributed by atoms with Gasteiger partial charge in [-0.15, -0.1) is 0 Å². The second-order valence-electron chi connectivity index (χ2n) is 5.85. The maximum atomic E-state index is 6.46. The minimum absolute atomic E-state index is 0.191. The highest BCUT2D eigenvalue weighted by molar-refractivity contribution is 9.10. The largest absolute Gasteiger partial charge is 0.377 e. The van der Waals surface area contributed by atoms with E-state index < -0.39 is 0 Å². The van der Waals surface area contributed by atoms with E-state index >= 15 is 0 Å². The molecular formula is C18H14BrCl2N. The van der Waals surface area contributed by atoms with Crippen LogP contribution in [0.4, 0.5) is 5.69 Å². The van der Waals surface area contributed by atoms with Crippen LogP contribution < -0.4 is 5.32 Å². The van der Waals surface area contributed by atoms with E-state index in [1.165, 1.54) is 11.3 Å². The molecule has 1 aliphatic carbocycles. The molecule has 2 aromatic carbocycles. The lowest BCUT2D eigenvalue weighted by atomic mass is 9.77. The Bertz CT molecular complexity index is 772. The molecule has 1 aliphatic heterocycles. The number of hydrogen-bond acceptors (Lipinski definition) is 1. The van der Waals surface area contributed by atoms with Crippen LogP contribution in [0.3, 0.4) is 0 Å². The average Bonchev–Trinajstić information content (AvgIpc) is 2.97. The van der Waals surface area contributed by atoms with Crippen LogP contribution in [0.2, 0.25) is 10.0 Å². The van der Waals surface area contributed by atoms with Crippen molar-refractivity contribution in [3.8, 4) is 0 Å². The molecule has 0 saturated heterocycles. The minimum atomic E-state index is 0.191. The van der Waals surface area contributed by atoms with Crippen molar-refractivity contribution >= 4 is 44.8 Å². The highest BCUT2D eigenvalue weighted by Gasteiger charge is 2.39. The molecule has 0 spiro atoms. The van der Waals surface area contributed by atoms with Gasteiger partial charge in [-0.1, -0.05) is 53.6 Å². The predicted molar refractivity (Wildman–Crippen MR) is 97.0 cm³/mol. The molecule has 0 bridgehead atoms. The number of para-hydroxylation sites is 1. The van der Waals surface area contributed by atoms with Gasteiger partial charge in [-0.2, -0.15) is 0 Å². The molecule has 0 fully saturated rings. The fourth-order valence-electron chi connectivity index (χ4n) is 3.64.